The van der Waals surface area contributed by atoms with Crippen LogP contribution in [0, 0.1) is 0 Å². The largest absolute Gasteiger partial charge is 0.451 e. The van der Waals surface area contributed by atoms with Crippen LogP contribution in [0.5, 0.6) is 0 Å². The molecule has 0 spiro atoms. The highest BCUT2D eigenvalue weighted by atomic mass is 16.5. The van der Waals surface area contributed by atoms with Gasteiger partial charge in [0.15, 0.2) is 6.10 Å². The normalized spacial score (nSPS) is 17.3. The average Bonchev–Trinajstić information content (AvgIpc) is 3.09. The smallest absolute Gasteiger partial charge is 0.329 e. The minimum absolute atomic E-state index is 0.180. The number of rotatable bonds is 5. The zero-order chi connectivity index (χ0) is 18.5. The van der Waals surface area contributed by atoms with Gasteiger partial charge in [-0.25, -0.2) is 4.79 Å². The number of nitrogens with one attached hydrogen (secondary N) is 2. The molecule has 0 aliphatic carbocycles. The van der Waals surface area contributed by atoms with Crippen LogP contribution in [-0.4, -0.2) is 29.9 Å². The van der Waals surface area contributed by atoms with Crippen molar-refractivity contribution in [3.8, 4) is 11.1 Å². The van der Waals surface area contributed by atoms with E-state index >= 15 is 0 Å². The molecule has 0 bridgehead atoms. The van der Waals surface area contributed by atoms with Crippen LogP contribution in [0.25, 0.3) is 11.1 Å². The summed E-state index contributed by atoms with van der Waals surface area (Å²) >= 11 is 0. The summed E-state index contributed by atoms with van der Waals surface area (Å²) in [6.45, 7) is 1.51. The molecule has 2 N–H and O–H groups in total. The van der Waals surface area contributed by atoms with Gasteiger partial charge in [0.2, 0.25) is 5.91 Å². The van der Waals surface area contributed by atoms with Gasteiger partial charge in [-0.2, -0.15) is 0 Å². The summed E-state index contributed by atoms with van der Waals surface area (Å²) in [5.74, 6) is -1.19. The van der Waals surface area contributed by atoms with Crippen LogP contribution in [0.1, 0.15) is 19.8 Å². The first-order valence-electron chi connectivity index (χ1n) is 8.50. The van der Waals surface area contributed by atoms with E-state index in [2.05, 4.69) is 10.6 Å². The van der Waals surface area contributed by atoms with Crippen molar-refractivity contribution in [3.05, 3.63) is 54.6 Å². The predicted molar refractivity (Wildman–Crippen MR) is 97.2 cm³/mol. The standard InChI is InChI=1S/C20H20N2O4/c1-13(26-20(25)17-11-12-18(23)21-17)19(24)22-16-10-6-5-9-15(16)14-7-3-2-4-8-14/h2-10,13,17H,11-12H2,1H3,(H,21,23)(H,22,24)/t13-,17-/m1/s1. The van der Waals surface area contributed by atoms with Gasteiger partial charge in [-0.3, -0.25) is 9.59 Å². The fourth-order valence-corrected chi connectivity index (χ4v) is 2.80. The van der Waals surface area contributed by atoms with E-state index in [1.54, 1.807) is 6.07 Å². The first-order chi connectivity index (χ1) is 12.5. The number of hydrogen-bond acceptors (Lipinski definition) is 4. The number of benzene rings is 2. The van der Waals surface area contributed by atoms with Crippen molar-refractivity contribution in [2.45, 2.75) is 31.9 Å². The molecule has 0 saturated carbocycles. The first kappa shape index (κ1) is 17.7. The van der Waals surface area contributed by atoms with E-state index in [1.165, 1.54) is 6.92 Å². The third-order valence-corrected chi connectivity index (χ3v) is 4.21. The minimum atomic E-state index is -0.969. The zero-order valence-corrected chi connectivity index (χ0v) is 14.4. The lowest BCUT2D eigenvalue weighted by atomic mass is 10.0. The van der Waals surface area contributed by atoms with E-state index in [4.69, 9.17) is 4.74 Å². The lowest BCUT2D eigenvalue weighted by Crippen LogP contribution is -2.39. The Morgan fingerprint density at radius 2 is 1.81 bits per heavy atom. The Balaban J connectivity index is 1.66. The van der Waals surface area contributed by atoms with Crippen molar-refractivity contribution in [2.75, 3.05) is 5.32 Å². The molecule has 0 unspecified atom stereocenters. The van der Waals surface area contributed by atoms with E-state index in [9.17, 15) is 14.4 Å². The van der Waals surface area contributed by atoms with Gasteiger partial charge < -0.3 is 15.4 Å². The number of carbonyl (C=O) groups excluding carboxylic acids is 3. The maximum absolute atomic E-state index is 12.4. The van der Waals surface area contributed by atoms with Crippen LogP contribution in [-0.2, 0) is 19.1 Å². The molecule has 1 aliphatic rings. The number of amides is 2. The highest BCUT2D eigenvalue weighted by Crippen LogP contribution is 2.27. The van der Waals surface area contributed by atoms with E-state index in [0.29, 0.717) is 18.5 Å². The molecular weight excluding hydrogens is 332 g/mol. The Morgan fingerprint density at radius 3 is 2.50 bits per heavy atom. The van der Waals surface area contributed by atoms with Crippen molar-refractivity contribution >= 4 is 23.5 Å². The molecule has 26 heavy (non-hydrogen) atoms. The number of para-hydroxylation sites is 1. The van der Waals surface area contributed by atoms with Crippen LogP contribution < -0.4 is 10.6 Å². The van der Waals surface area contributed by atoms with Crippen molar-refractivity contribution < 1.29 is 19.1 Å². The lowest BCUT2D eigenvalue weighted by Gasteiger charge is -2.17. The Labute approximate surface area is 151 Å². The minimum Gasteiger partial charge on any atom is -0.451 e. The summed E-state index contributed by atoms with van der Waals surface area (Å²) in [5, 5.41) is 5.34. The van der Waals surface area contributed by atoms with Crippen molar-refractivity contribution in [3.63, 3.8) is 0 Å². The van der Waals surface area contributed by atoms with Gasteiger partial charge in [-0.05, 0) is 25.0 Å². The van der Waals surface area contributed by atoms with Crippen molar-refractivity contribution in [1.82, 2.24) is 5.32 Å². The number of carbonyl (C=O) groups is 3. The van der Waals surface area contributed by atoms with Gasteiger partial charge in [-0.1, -0.05) is 48.5 Å². The number of anilines is 1. The molecule has 0 radical (unpaired) electrons. The third-order valence-electron chi connectivity index (χ3n) is 4.21. The van der Waals surface area contributed by atoms with Crippen LogP contribution in [0.2, 0.25) is 0 Å². The second kappa shape index (κ2) is 7.82. The lowest BCUT2D eigenvalue weighted by molar-refractivity contribution is -0.155. The maximum atomic E-state index is 12.4. The number of esters is 1. The van der Waals surface area contributed by atoms with Gasteiger partial charge in [0.05, 0.1) is 0 Å². The molecule has 2 aromatic carbocycles. The SMILES string of the molecule is C[C@@H](OC(=O)[C@H]1CCC(=O)N1)C(=O)Nc1ccccc1-c1ccccc1. The van der Waals surface area contributed by atoms with Gasteiger partial charge in [0, 0.05) is 17.7 Å². The summed E-state index contributed by atoms with van der Waals surface area (Å²) in [5.41, 5.74) is 2.49. The molecule has 2 aromatic rings. The summed E-state index contributed by atoms with van der Waals surface area (Å²) in [6, 6.07) is 16.4. The van der Waals surface area contributed by atoms with Crippen LogP contribution in [0.15, 0.2) is 54.6 Å². The summed E-state index contributed by atoms with van der Waals surface area (Å²) < 4.78 is 5.20. The van der Waals surface area contributed by atoms with Gasteiger partial charge >= 0.3 is 5.97 Å². The van der Waals surface area contributed by atoms with E-state index in [1.807, 2.05) is 48.5 Å². The molecule has 3 rings (SSSR count). The molecule has 2 atom stereocenters. The molecule has 134 valence electrons. The van der Waals surface area contributed by atoms with E-state index < -0.39 is 24.0 Å². The van der Waals surface area contributed by atoms with Crippen LogP contribution in [0.4, 0.5) is 5.69 Å². The third kappa shape index (κ3) is 4.08. The number of ether oxygens (including phenoxy) is 1. The van der Waals surface area contributed by atoms with Crippen molar-refractivity contribution in [2.24, 2.45) is 0 Å². The Morgan fingerprint density at radius 1 is 1.12 bits per heavy atom. The topological polar surface area (TPSA) is 84.5 Å². The second-order valence-corrected chi connectivity index (χ2v) is 6.14. The van der Waals surface area contributed by atoms with Gasteiger partial charge in [0.25, 0.3) is 5.91 Å². The Bertz CT molecular complexity index is 820. The predicted octanol–water partition coefficient (Wildman–Crippen LogP) is 2.50. The summed E-state index contributed by atoms with van der Waals surface area (Å²) in [7, 11) is 0. The van der Waals surface area contributed by atoms with E-state index in [-0.39, 0.29) is 5.91 Å². The molecule has 1 heterocycles. The Hall–Kier alpha value is -3.15. The quantitative estimate of drug-likeness (QED) is 0.810. The zero-order valence-electron chi connectivity index (χ0n) is 14.4. The molecule has 6 nitrogen and oxygen atoms in total. The maximum Gasteiger partial charge on any atom is 0.329 e. The first-order valence-corrected chi connectivity index (χ1v) is 8.50. The van der Waals surface area contributed by atoms with Crippen LogP contribution >= 0.6 is 0 Å². The summed E-state index contributed by atoms with van der Waals surface area (Å²) in [6.07, 6.45) is -0.281. The molecular formula is C20H20N2O4. The fraction of sp³-hybridized carbons (Fsp3) is 0.250. The Kier molecular flexibility index (Phi) is 5.31. The molecule has 6 heteroatoms. The van der Waals surface area contributed by atoms with Crippen molar-refractivity contribution in [1.29, 1.82) is 0 Å². The monoisotopic (exact) mass is 352 g/mol. The molecule has 1 fully saturated rings. The van der Waals surface area contributed by atoms with E-state index in [0.717, 1.165) is 11.1 Å². The average molecular weight is 352 g/mol. The molecule has 1 saturated heterocycles. The van der Waals surface area contributed by atoms with Gasteiger partial charge in [0.1, 0.15) is 6.04 Å². The highest BCUT2D eigenvalue weighted by Gasteiger charge is 2.30. The molecule has 2 amide bonds. The molecule has 1 aliphatic heterocycles. The van der Waals surface area contributed by atoms with Gasteiger partial charge in [-0.15, -0.1) is 0 Å². The van der Waals surface area contributed by atoms with Crippen LogP contribution in [0.3, 0.4) is 0 Å². The summed E-state index contributed by atoms with van der Waals surface area (Å²) in [4.78, 5) is 35.7. The fourth-order valence-electron chi connectivity index (χ4n) is 2.80. The molecule has 0 aromatic heterocycles. The second-order valence-electron chi connectivity index (χ2n) is 6.14. The highest BCUT2D eigenvalue weighted by molar-refractivity contribution is 5.99. The number of hydrogen-bond donors (Lipinski definition) is 2.